The first kappa shape index (κ1) is 19.4. The second-order valence-corrected chi connectivity index (χ2v) is 7.99. The fourth-order valence-corrected chi connectivity index (χ4v) is 4.06. The number of rotatable bonds is 4. The summed E-state index contributed by atoms with van der Waals surface area (Å²) < 4.78 is 23.9. The lowest BCUT2D eigenvalue weighted by Crippen LogP contribution is -2.53. The minimum Gasteiger partial charge on any atom is -0.768 e. The second-order valence-electron chi connectivity index (χ2n) is 7.05. The van der Waals surface area contributed by atoms with Crippen LogP contribution in [0.1, 0.15) is 5.56 Å². The van der Waals surface area contributed by atoms with Crippen LogP contribution in [0.5, 0.6) is 0 Å². The molecule has 2 heterocycles. The van der Waals surface area contributed by atoms with E-state index in [4.69, 9.17) is 0 Å². The van der Waals surface area contributed by atoms with Crippen LogP contribution in [0.4, 0.5) is 5.69 Å². The maximum Gasteiger partial charge on any atom is 0.246 e. The van der Waals surface area contributed by atoms with Crippen LogP contribution in [0.2, 0.25) is 0 Å². The van der Waals surface area contributed by atoms with E-state index in [9.17, 15) is 18.4 Å². The van der Waals surface area contributed by atoms with E-state index < -0.39 is 11.1 Å². The standard InChI is InChI=1S/C21H21N3O4S/c1-15-12-23(19-5-3-2-4-18(15)19)13-20(25)22-10-11-24(21(26)14-22)16-6-8-17(9-7-16)29(27)28/h2-9,12H,10-11,13-14H2,1H3,(H,27,28)/p-1. The van der Waals surface area contributed by atoms with Crippen LogP contribution in [-0.2, 0) is 27.2 Å². The zero-order valence-electron chi connectivity index (χ0n) is 15.9. The highest BCUT2D eigenvalue weighted by Gasteiger charge is 2.28. The van der Waals surface area contributed by atoms with Crippen LogP contribution in [-0.4, -0.2) is 49.7 Å². The third-order valence-corrected chi connectivity index (χ3v) is 5.86. The summed E-state index contributed by atoms with van der Waals surface area (Å²) in [7, 11) is 0. The zero-order chi connectivity index (χ0) is 20.5. The fourth-order valence-electron chi connectivity index (χ4n) is 3.70. The van der Waals surface area contributed by atoms with Crippen LogP contribution in [0.15, 0.2) is 59.6 Å². The molecule has 1 fully saturated rings. The van der Waals surface area contributed by atoms with Crippen molar-refractivity contribution >= 4 is 39.5 Å². The molecule has 7 nitrogen and oxygen atoms in total. The molecular formula is C21H20N3O4S-. The van der Waals surface area contributed by atoms with Gasteiger partial charge in [0.05, 0.1) is 0 Å². The van der Waals surface area contributed by atoms with E-state index in [1.807, 2.05) is 42.0 Å². The predicted octanol–water partition coefficient (Wildman–Crippen LogP) is 2.06. The number of carbonyl (C=O) groups is 2. The number of fused-ring (bicyclic) bond motifs is 1. The Bertz CT molecular complexity index is 1110. The number of aromatic nitrogens is 1. The molecule has 1 saturated heterocycles. The van der Waals surface area contributed by atoms with Crippen LogP contribution < -0.4 is 4.90 Å². The van der Waals surface area contributed by atoms with Crippen molar-refractivity contribution < 1.29 is 18.4 Å². The van der Waals surface area contributed by atoms with Gasteiger partial charge in [-0.2, -0.15) is 0 Å². The Kier molecular flexibility index (Phi) is 5.21. The first-order chi connectivity index (χ1) is 13.9. The van der Waals surface area contributed by atoms with E-state index in [0.717, 1.165) is 16.5 Å². The highest BCUT2D eigenvalue weighted by atomic mass is 32.2. The largest absolute Gasteiger partial charge is 0.768 e. The summed E-state index contributed by atoms with van der Waals surface area (Å²) in [5, 5.41) is 1.11. The van der Waals surface area contributed by atoms with E-state index >= 15 is 0 Å². The maximum atomic E-state index is 12.8. The van der Waals surface area contributed by atoms with Gasteiger partial charge in [0.25, 0.3) is 0 Å². The Morgan fingerprint density at radius 2 is 1.83 bits per heavy atom. The average Bonchev–Trinajstić information content (AvgIpc) is 3.03. The lowest BCUT2D eigenvalue weighted by molar-refractivity contribution is -0.137. The van der Waals surface area contributed by atoms with E-state index in [1.54, 1.807) is 21.9 Å². The number of nitrogens with zero attached hydrogens (tertiary/aromatic N) is 3. The molecule has 1 aliphatic rings. The highest BCUT2D eigenvalue weighted by molar-refractivity contribution is 7.79. The summed E-state index contributed by atoms with van der Waals surface area (Å²) in [6, 6.07) is 14.1. The van der Waals surface area contributed by atoms with Gasteiger partial charge in [-0.05, 0) is 53.9 Å². The molecule has 0 N–H and O–H groups in total. The van der Waals surface area contributed by atoms with E-state index in [0.29, 0.717) is 18.8 Å². The molecule has 0 aliphatic carbocycles. The average molecular weight is 410 g/mol. The van der Waals surface area contributed by atoms with Crippen LogP contribution in [0.3, 0.4) is 0 Å². The van der Waals surface area contributed by atoms with Gasteiger partial charge in [-0.15, -0.1) is 0 Å². The van der Waals surface area contributed by atoms with Gasteiger partial charge in [-0.3, -0.25) is 13.8 Å². The molecule has 0 bridgehead atoms. The Balaban J connectivity index is 1.44. The second kappa shape index (κ2) is 7.81. The Labute approximate surface area is 170 Å². The zero-order valence-corrected chi connectivity index (χ0v) is 16.7. The van der Waals surface area contributed by atoms with Crippen LogP contribution in [0, 0.1) is 6.92 Å². The van der Waals surface area contributed by atoms with Gasteiger partial charge < -0.3 is 18.9 Å². The van der Waals surface area contributed by atoms with Crippen molar-refractivity contribution in [3.05, 3.63) is 60.3 Å². The van der Waals surface area contributed by atoms with Crippen molar-refractivity contribution in [1.82, 2.24) is 9.47 Å². The molecule has 1 atom stereocenters. The first-order valence-corrected chi connectivity index (χ1v) is 10.3. The third kappa shape index (κ3) is 3.81. The van der Waals surface area contributed by atoms with Gasteiger partial charge >= 0.3 is 0 Å². The van der Waals surface area contributed by atoms with Gasteiger partial charge in [0.1, 0.15) is 13.1 Å². The number of carbonyl (C=O) groups excluding carboxylic acids is 2. The molecule has 1 unspecified atom stereocenters. The lowest BCUT2D eigenvalue weighted by Gasteiger charge is -2.34. The molecule has 0 spiro atoms. The van der Waals surface area contributed by atoms with Gasteiger partial charge in [0.15, 0.2) is 0 Å². The number of para-hydroxylation sites is 1. The number of amides is 2. The maximum absolute atomic E-state index is 12.8. The van der Waals surface area contributed by atoms with Crippen LogP contribution >= 0.6 is 0 Å². The Morgan fingerprint density at radius 3 is 2.52 bits per heavy atom. The van der Waals surface area contributed by atoms with Gasteiger partial charge in [-0.1, -0.05) is 18.2 Å². The van der Waals surface area contributed by atoms with Crippen molar-refractivity contribution in [3.63, 3.8) is 0 Å². The molecule has 150 valence electrons. The molecule has 1 aromatic heterocycles. The predicted molar refractivity (Wildman–Crippen MR) is 109 cm³/mol. The molecule has 1 aliphatic heterocycles. The Hall–Kier alpha value is -2.97. The van der Waals surface area contributed by atoms with Crippen molar-refractivity contribution in [1.29, 1.82) is 0 Å². The number of piperazine rings is 1. The normalized spacial score (nSPS) is 15.7. The molecule has 2 amide bonds. The summed E-state index contributed by atoms with van der Waals surface area (Å²) >= 11 is -2.30. The molecule has 0 saturated carbocycles. The van der Waals surface area contributed by atoms with Gasteiger partial charge in [0, 0.05) is 40.8 Å². The van der Waals surface area contributed by atoms with Crippen molar-refractivity contribution in [2.45, 2.75) is 18.4 Å². The number of anilines is 1. The summed E-state index contributed by atoms with van der Waals surface area (Å²) in [6.45, 7) is 3.00. The first-order valence-electron chi connectivity index (χ1n) is 9.26. The molecule has 2 aromatic carbocycles. The topological polar surface area (TPSA) is 85.7 Å². The third-order valence-electron chi connectivity index (χ3n) is 5.21. The summed E-state index contributed by atoms with van der Waals surface area (Å²) in [5.74, 6) is -0.287. The number of hydrogen-bond acceptors (Lipinski definition) is 4. The molecule has 0 radical (unpaired) electrons. The number of hydrogen-bond donors (Lipinski definition) is 0. The number of aryl methyl sites for hydroxylation is 1. The minimum absolute atomic E-state index is 0.00620. The summed E-state index contributed by atoms with van der Waals surface area (Å²) in [5.41, 5.74) is 2.74. The highest BCUT2D eigenvalue weighted by Crippen LogP contribution is 2.22. The van der Waals surface area contributed by atoms with E-state index in [-0.39, 0.29) is 29.8 Å². The molecule has 3 aromatic rings. The van der Waals surface area contributed by atoms with E-state index in [1.165, 1.54) is 12.1 Å². The summed E-state index contributed by atoms with van der Waals surface area (Å²) in [6.07, 6.45) is 1.96. The van der Waals surface area contributed by atoms with Gasteiger partial charge in [-0.25, -0.2) is 0 Å². The van der Waals surface area contributed by atoms with Crippen molar-refractivity contribution in [2.75, 3.05) is 24.5 Å². The smallest absolute Gasteiger partial charge is 0.246 e. The number of benzene rings is 2. The van der Waals surface area contributed by atoms with Crippen LogP contribution in [0.25, 0.3) is 10.9 Å². The minimum atomic E-state index is -2.30. The monoisotopic (exact) mass is 410 g/mol. The SMILES string of the molecule is Cc1cn(CC(=O)N2CCN(c3ccc(S(=O)[O-])cc3)C(=O)C2)c2ccccc12. The van der Waals surface area contributed by atoms with Crippen molar-refractivity contribution in [2.24, 2.45) is 0 Å². The van der Waals surface area contributed by atoms with Gasteiger partial charge in [0.2, 0.25) is 11.8 Å². The molecule has 4 rings (SSSR count). The van der Waals surface area contributed by atoms with E-state index in [2.05, 4.69) is 0 Å². The molecule has 8 heteroatoms. The molecular weight excluding hydrogens is 390 g/mol. The summed E-state index contributed by atoms with van der Waals surface area (Å²) in [4.78, 5) is 28.7. The fraction of sp³-hybridized carbons (Fsp3) is 0.238. The lowest BCUT2D eigenvalue weighted by atomic mass is 10.2. The van der Waals surface area contributed by atoms with Crippen molar-refractivity contribution in [3.8, 4) is 0 Å². The molecule has 29 heavy (non-hydrogen) atoms. The quantitative estimate of drug-likeness (QED) is 0.616. The Morgan fingerprint density at radius 1 is 1.10 bits per heavy atom.